The van der Waals surface area contributed by atoms with Gasteiger partial charge in [-0.2, -0.15) is 0 Å². The van der Waals surface area contributed by atoms with Gasteiger partial charge in [0.05, 0.1) is 12.1 Å². The smallest absolute Gasteiger partial charge is 0.225 e. The third kappa shape index (κ3) is 2.32. The fourth-order valence-corrected chi connectivity index (χ4v) is 2.30. The van der Waals surface area contributed by atoms with E-state index in [0.717, 1.165) is 25.0 Å². The van der Waals surface area contributed by atoms with Crippen LogP contribution in [0.4, 0.5) is 5.95 Å². The van der Waals surface area contributed by atoms with Crippen LogP contribution in [0.5, 0.6) is 0 Å². The van der Waals surface area contributed by atoms with Gasteiger partial charge < -0.3 is 10.0 Å². The largest absolute Gasteiger partial charge is 0.391 e. The Hall–Kier alpha value is -1.16. The predicted molar refractivity (Wildman–Crippen MR) is 63.4 cm³/mol. The minimum Gasteiger partial charge on any atom is -0.391 e. The lowest BCUT2D eigenvalue weighted by Gasteiger charge is -2.35. The minimum absolute atomic E-state index is 0.163. The highest BCUT2D eigenvalue weighted by Gasteiger charge is 2.27. The zero-order valence-corrected chi connectivity index (χ0v) is 9.93. The molecule has 0 aromatic carbocycles. The van der Waals surface area contributed by atoms with Crippen molar-refractivity contribution in [2.45, 2.75) is 44.8 Å². The second-order valence-electron chi connectivity index (χ2n) is 4.53. The van der Waals surface area contributed by atoms with Crippen LogP contribution in [0.1, 0.15) is 31.4 Å². The number of aromatic nitrogens is 2. The van der Waals surface area contributed by atoms with Crippen molar-refractivity contribution in [3.8, 4) is 0 Å². The summed E-state index contributed by atoms with van der Waals surface area (Å²) < 4.78 is 0. The summed E-state index contributed by atoms with van der Waals surface area (Å²) in [6.07, 6.45) is 5.74. The summed E-state index contributed by atoms with van der Waals surface area (Å²) in [6, 6.07) is 2.05. The topological polar surface area (TPSA) is 49.2 Å². The molecule has 1 aromatic heterocycles. The van der Waals surface area contributed by atoms with E-state index in [9.17, 15) is 5.11 Å². The van der Waals surface area contributed by atoms with Crippen LogP contribution in [0.3, 0.4) is 0 Å². The van der Waals surface area contributed by atoms with Crippen molar-refractivity contribution in [2.24, 2.45) is 0 Å². The van der Waals surface area contributed by atoms with Gasteiger partial charge >= 0.3 is 0 Å². The van der Waals surface area contributed by atoms with Gasteiger partial charge in [0, 0.05) is 18.9 Å². The van der Waals surface area contributed by atoms with Crippen molar-refractivity contribution in [1.29, 1.82) is 0 Å². The molecule has 1 saturated carbocycles. The van der Waals surface area contributed by atoms with E-state index in [-0.39, 0.29) is 12.1 Å². The molecular weight excluding hydrogens is 202 g/mol. The second kappa shape index (κ2) is 4.78. The van der Waals surface area contributed by atoms with Crippen molar-refractivity contribution < 1.29 is 5.11 Å². The van der Waals surface area contributed by atoms with E-state index in [2.05, 4.69) is 9.97 Å². The Morgan fingerprint density at radius 2 is 2.12 bits per heavy atom. The van der Waals surface area contributed by atoms with Crippen LogP contribution in [-0.4, -0.2) is 34.3 Å². The van der Waals surface area contributed by atoms with E-state index in [0.29, 0.717) is 5.95 Å². The van der Waals surface area contributed by atoms with Gasteiger partial charge in [-0.15, -0.1) is 0 Å². The van der Waals surface area contributed by atoms with E-state index in [1.165, 1.54) is 6.42 Å². The van der Waals surface area contributed by atoms with Gasteiger partial charge in [-0.05, 0) is 25.8 Å². The maximum Gasteiger partial charge on any atom is 0.225 e. The summed E-state index contributed by atoms with van der Waals surface area (Å²) in [5.41, 5.74) is 0.960. The third-order valence-electron chi connectivity index (χ3n) is 3.29. The van der Waals surface area contributed by atoms with Crippen LogP contribution in [0.15, 0.2) is 12.3 Å². The first-order chi connectivity index (χ1) is 7.68. The maximum atomic E-state index is 9.97. The standard InChI is InChI=1S/C12H19N3O/c1-9-7-8-13-12(14-9)15(2)10-5-3-4-6-11(10)16/h7-8,10-11,16H,3-6H2,1-2H3. The highest BCUT2D eigenvalue weighted by atomic mass is 16.3. The molecule has 88 valence electrons. The molecule has 2 atom stereocenters. The fourth-order valence-electron chi connectivity index (χ4n) is 2.30. The Morgan fingerprint density at radius 1 is 1.38 bits per heavy atom. The zero-order chi connectivity index (χ0) is 11.5. The quantitative estimate of drug-likeness (QED) is 0.822. The average molecular weight is 221 g/mol. The molecule has 0 spiro atoms. The molecule has 4 heteroatoms. The van der Waals surface area contributed by atoms with Crippen molar-refractivity contribution in [2.75, 3.05) is 11.9 Å². The average Bonchev–Trinajstić information content (AvgIpc) is 2.29. The Balaban J connectivity index is 2.14. The van der Waals surface area contributed by atoms with Crippen LogP contribution in [0.25, 0.3) is 0 Å². The Morgan fingerprint density at radius 3 is 2.81 bits per heavy atom. The van der Waals surface area contributed by atoms with E-state index < -0.39 is 0 Å². The van der Waals surface area contributed by atoms with E-state index in [1.807, 2.05) is 24.9 Å². The number of aliphatic hydroxyl groups is 1. The Kier molecular flexibility index (Phi) is 3.39. The lowest BCUT2D eigenvalue weighted by atomic mass is 9.92. The van der Waals surface area contributed by atoms with E-state index >= 15 is 0 Å². The first kappa shape index (κ1) is 11.3. The molecule has 0 aliphatic heterocycles. The SMILES string of the molecule is Cc1ccnc(N(C)C2CCCCC2O)n1. The van der Waals surface area contributed by atoms with Crippen molar-refractivity contribution in [3.63, 3.8) is 0 Å². The Labute approximate surface area is 96.3 Å². The molecule has 0 radical (unpaired) electrons. The molecule has 4 nitrogen and oxygen atoms in total. The second-order valence-corrected chi connectivity index (χ2v) is 4.53. The van der Waals surface area contributed by atoms with Gasteiger partial charge in [0.15, 0.2) is 0 Å². The first-order valence-corrected chi connectivity index (χ1v) is 5.89. The van der Waals surface area contributed by atoms with E-state index in [1.54, 1.807) is 6.20 Å². The first-order valence-electron chi connectivity index (χ1n) is 5.89. The van der Waals surface area contributed by atoms with E-state index in [4.69, 9.17) is 0 Å². The molecule has 1 heterocycles. The number of aliphatic hydroxyl groups excluding tert-OH is 1. The molecule has 1 aromatic rings. The molecule has 1 fully saturated rings. The third-order valence-corrected chi connectivity index (χ3v) is 3.29. The van der Waals surface area contributed by atoms with Crippen LogP contribution in [0.2, 0.25) is 0 Å². The highest BCUT2D eigenvalue weighted by Crippen LogP contribution is 2.24. The molecular formula is C12H19N3O. The molecule has 1 aliphatic rings. The van der Waals surface area contributed by atoms with Gasteiger partial charge in [-0.1, -0.05) is 12.8 Å². The fraction of sp³-hybridized carbons (Fsp3) is 0.667. The number of rotatable bonds is 2. The van der Waals surface area contributed by atoms with Gasteiger partial charge in [0.2, 0.25) is 5.95 Å². The number of hydrogen-bond acceptors (Lipinski definition) is 4. The molecule has 0 amide bonds. The number of likely N-dealkylation sites (N-methyl/N-ethyl adjacent to an activating group) is 1. The lowest BCUT2D eigenvalue weighted by Crippen LogP contribution is -2.44. The van der Waals surface area contributed by atoms with Crippen LogP contribution in [0, 0.1) is 6.92 Å². The van der Waals surface area contributed by atoms with Gasteiger partial charge in [-0.3, -0.25) is 0 Å². The zero-order valence-electron chi connectivity index (χ0n) is 9.93. The number of nitrogens with zero attached hydrogens (tertiary/aromatic N) is 3. The lowest BCUT2D eigenvalue weighted by molar-refractivity contribution is 0.105. The molecule has 1 N–H and O–H groups in total. The van der Waals surface area contributed by atoms with Crippen LogP contribution < -0.4 is 4.90 Å². The molecule has 1 aliphatic carbocycles. The molecule has 2 rings (SSSR count). The summed E-state index contributed by atoms with van der Waals surface area (Å²) in [6.45, 7) is 1.95. The minimum atomic E-state index is -0.247. The summed E-state index contributed by atoms with van der Waals surface area (Å²) >= 11 is 0. The summed E-state index contributed by atoms with van der Waals surface area (Å²) in [4.78, 5) is 10.7. The highest BCUT2D eigenvalue weighted by molar-refractivity contribution is 5.31. The monoisotopic (exact) mass is 221 g/mol. The van der Waals surface area contributed by atoms with Crippen molar-refractivity contribution in [1.82, 2.24) is 9.97 Å². The molecule has 2 unspecified atom stereocenters. The van der Waals surface area contributed by atoms with Crippen molar-refractivity contribution in [3.05, 3.63) is 18.0 Å². The predicted octanol–water partition coefficient (Wildman–Crippen LogP) is 1.52. The van der Waals surface area contributed by atoms with Crippen LogP contribution in [-0.2, 0) is 0 Å². The molecule has 0 saturated heterocycles. The number of anilines is 1. The van der Waals surface area contributed by atoms with Crippen LogP contribution >= 0.6 is 0 Å². The summed E-state index contributed by atoms with van der Waals surface area (Å²) in [5.74, 6) is 0.714. The normalized spacial score (nSPS) is 25.4. The van der Waals surface area contributed by atoms with Gasteiger partial charge in [0.25, 0.3) is 0 Å². The number of aryl methyl sites for hydroxylation is 1. The van der Waals surface area contributed by atoms with Gasteiger partial charge in [-0.25, -0.2) is 9.97 Å². The molecule has 16 heavy (non-hydrogen) atoms. The summed E-state index contributed by atoms with van der Waals surface area (Å²) in [5, 5.41) is 9.97. The maximum absolute atomic E-state index is 9.97. The van der Waals surface area contributed by atoms with Gasteiger partial charge in [0.1, 0.15) is 0 Å². The Bertz CT molecular complexity index is 356. The number of hydrogen-bond donors (Lipinski definition) is 1. The summed E-state index contributed by atoms with van der Waals surface area (Å²) in [7, 11) is 1.97. The molecule has 0 bridgehead atoms. The van der Waals surface area contributed by atoms with Crippen molar-refractivity contribution >= 4 is 5.95 Å².